The summed E-state index contributed by atoms with van der Waals surface area (Å²) in [5.74, 6) is 0. The molecule has 1 aliphatic heterocycles. The number of nitrogens with one attached hydrogen (secondary N) is 2. The zero-order chi connectivity index (χ0) is 42.8. The summed E-state index contributed by atoms with van der Waals surface area (Å²) in [6, 6.07) is 38.4. The Labute approximate surface area is 358 Å². The highest BCUT2D eigenvalue weighted by atomic mass is 15.2. The maximum atomic E-state index is 9.64. The number of nitrogens with zero attached hydrogens (tertiary/aromatic N) is 5. The van der Waals surface area contributed by atoms with E-state index in [1.165, 1.54) is 33.4 Å². The van der Waals surface area contributed by atoms with E-state index in [2.05, 4.69) is 97.6 Å². The van der Waals surface area contributed by atoms with Crippen molar-refractivity contribution in [1.82, 2.24) is 0 Å². The molecule has 0 aromatic heterocycles. The van der Waals surface area contributed by atoms with Crippen LogP contribution in [0.3, 0.4) is 0 Å². The van der Waals surface area contributed by atoms with Gasteiger partial charge in [0.05, 0.1) is 33.9 Å². The molecular weight excluding hydrogens is 747 g/mol. The fourth-order valence-electron chi connectivity index (χ4n) is 9.19. The number of benzene rings is 5. The first-order valence-corrected chi connectivity index (χ1v) is 21.2. The summed E-state index contributed by atoms with van der Waals surface area (Å²) in [6.07, 6.45) is 9.82. The van der Waals surface area contributed by atoms with Gasteiger partial charge in [-0.2, -0.15) is 0 Å². The van der Waals surface area contributed by atoms with E-state index in [1.54, 1.807) is 0 Å². The van der Waals surface area contributed by atoms with E-state index in [-0.39, 0.29) is 23.2 Å². The van der Waals surface area contributed by atoms with Gasteiger partial charge in [0.1, 0.15) is 22.4 Å². The van der Waals surface area contributed by atoms with Crippen molar-refractivity contribution in [3.8, 4) is 33.4 Å². The van der Waals surface area contributed by atoms with E-state index in [0.29, 0.717) is 28.5 Å². The van der Waals surface area contributed by atoms with Gasteiger partial charge in [0.25, 0.3) is 0 Å². The summed E-state index contributed by atoms with van der Waals surface area (Å²) in [5, 5.41) is 20.8. The lowest BCUT2D eigenvalue weighted by Gasteiger charge is -2.34. The molecular formula is C54H51N7. The lowest BCUT2D eigenvalue weighted by molar-refractivity contribution is 0.549. The Kier molecular flexibility index (Phi) is 9.74. The third kappa shape index (κ3) is 6.88. The molecule has 0 amide bonds. The smallest absolute Gasteiger partial charge is 0.146 e. The lowest BCUT2D eigenvalue weighted by Crippen LogP contribution is -2.42. The van der Waals surface area contributed by atoms with Gasteiger partial charge in [-0.1, -0.05) is 117 Å². The van der Waals surface area contributed by atoms with Gasteiger partial charge in [-0.15, -0.1) is 0 Å². The molecule has 5 aromatic rings. The van der Waals surface area contributed by atoms with E-state index >= 15 is 0 Å². The van der Waals surface area contributed by atoms with Crippen molar-refractivity contribution in [3.63, 3.8) is 0 Å². The Morgan fingerprint density at radius 1 is 0.557 bits per heavy atom. The van der Waals surface area contributed by atoms with Crippen LogP contribution in [0.2, 0.25) is 0 Å². The number of rotatable bonds is 8. The van der Waals surface area contributed by atoms with Gasteiger partial charge in [-0.05, 0) is 122 Å². The van der Waals surface area contributed by atoms with E-state index < -0.39 is 5.66 Å². The van der Waals surface area contributed by atoms with E-state index in [1.807, 2.05) is 102 Å². The topological polar surface area (TPSA) is 100 Å². The van der Waals surface area contributed by atoms with Crippen LogP contribution in [0.5, 0.6) is 0 Å². The number of hydrogen-bond acceptors (Lipinski definition) is 7. The molecule has 61 heavy (non-hydrogen) atoms. The first-order valence-electron chi connectivity index (χ1n) is 21.2. The standard InChI is InChI=1S/C54H51N7/c1-32(2)57-43-22-15-23-44(49(43)56)61(45-30-28-38(34-16-10-9-11-17-34)48(55)51(45)58-33(3)4)46-31-29-39(50-52(46)60-54(7,8)59-50)36-26-24-35(25-27-36)37-19-14-20-41-40-18-12-13-21-42(40)53(5,6)47(37)41/h9-33,55-56H,1-8H3. The molecule has 1 heterocycles. The lowest BCUT2D eigenvalue weighted by atomic mass is 9.79. The molecule has 0 saturated heterocycles. The number of allylic oxidation sites excluding steroid dienone is 8. The monoisotopic (exact) mass is 797 g/mol. The molecule has 0 saturated carbocycles. The van der Waals surface area contributed by atoms with Gasteiger partial charge < -0.3 is 4.90 Å². The largest absolute Gasteiger partial charge is 0.304 e. The fourth-order valence-corrected chi connectivity index (χ4v) is 9.19. The SMILES string of the molecule is CC(C)N=C1C=CC=C(N(C2=CC=C(c3ccccc3)C(=N)C2=NC(C)C)c2ccc(-c3ccc(-c4cccc5c4C(C)(C)c4ccccc4-5)cc3)c3c2=NC(C)(C)N=3)C1=N. The second kappa shape index (κ2) is 15.0. The van der Waals surface area contributed by atoms with Gasteiger partial charge >= 0.3 is 0 Å². The molecule has 0 spiro atoms. The molecule has 9 rings (SSSR count). The van der Waals surface area contributed by atoms with Crippen molar-refractivity contribution in [2.75, 3.05) is 4.90 Å². The molecule has 3 aliphatic carbocycles. The predicted molar refractivity (Wildman–Crippen MR) is 254 cm³/mol. The third-order valence-electron chi connectivity index (χ3n) is 11.8. The molecule has 0 fully saturated rings. The van der Waals surface area contributed by atoms with Crippen molar-refractivity contribution in [3.05, 3.63) is 178 Å². The molecule has 7 nitrogen and oxygen atoms in total. The Morgan fingerprint density at radius 2 is 1.20 bits per heavy atom. The minimum absolute atomic E-state index is 0.000538. The summed E-state index contributed by atoms with van der Waals surface area (Å²) in [4.78, 5) is 22.5. The van der Waals surface area contributed by atoms with Gasteiger partial charge in [0.2, 0.25) is 0 Å². The number of hydrogen-bond donors (Lipinski definition) is 2. The third-order valence-corrected chi connectivity index (χ3v) is 11.8. The second-order valence-corrected chi connectivity index (χ2v) is 17.7. The first-order chi connectivity index (χ1) is 29.2. The Balaban J connectivity index is 1.20. The zero-order valence-corrected chi connectivity index (χ0v) is 36.2. The van der Waals surface area contributed by atoms with Crippen LogP contribution in [0, 0.1) is 10.8 Å². The average molecular weight is 798 g/mol. The van der Waals surface area contributed by atoms with E-state index in [0.717, 1.165) is 38.7 Å². The maximum absolute atomic E-state index is 9.64. The minimum Gasteiger partial charge on any atom is -0.304 e. The average Bonchev–Trinajstić information content (AvgIpc) is 3.70. The summed E-state index contributed by atoms with van der Waals surface area (Å²) in [6.45, 7) is 16.8. The molecule has 4 aliphatic rings. The number of anilines is 1. The number of fused-ring (bicyclic) bond motifs is 4. The predicted octanol–water partition coefficient (Wildman–Crippen LogP) is 11.3. The van der Waals surface area contributed by atoms with Gasteiger partial charge in [-0.3, -0.25) is 30.8 Å². The van der Waals surface area contributed by atoms with Crippen LogP contribution in [0.15, 0.2) is 171 Å². The summed E-state index contributed by atoms with van der Waals surface area (Å²) in [7, 11) is 0. The van der Waals surface area contributed by atoms with Crippen molar-refractivity contribution in [1.29, 1.82) is 10.8 Å². The highest BCUT2D eigenvalue weighted by molar-refractivity contribution is 6.63. The van der Waals surface area contributed by atoms with Crippen LogP contribution >= 0.6 is 0 Å². The number of aliphatic imine (C=N–C) groups is 2. The quantitative estimate of drug-likeness (QED) is 0.150. The van der Waals surface area contributed by atoms with Crippen molar-refractivity contribution in [2.24, 2.45) is 20.0 Å². The van der Waals surface area contributed by atoms with Crippen LogP contribution in [0.4, 0.5) is 5.69 Å². The molecule has 0 bridgehead atoms. The highest BCUT2D eigenvalue weighted by Crippen LogP contribution is 2.52. The van der Waals surface area contributed by atoms with Crippen molar-refractivity contribution < 1.29 is 0 Å². The normalized spacial score (nSPS) is 18.4. The van der Waals surface area contributed by atoms with Crippen LogP contribution in [-0.4, -0.2) is 40.6 Å². The van der Waals surface area contributed by atoms with Gasteiger partial charge in [0, 0.05) is 28.6 Å². The van der Waals surface area contributed by atoms with Gasteiger partial charge in [-0.25, -0.2) is 0 Å². The summed E-state index contributed by atoms with van der Waals surface area (Å²) >= 11 is 0. The molecule has 5 aromatic carbocycles. The fraction of sp³-hybridized carbons (Fsp3) is 0.222. The van der Waals surface area contributed by atoms with E-state index in [4.69, 9.17) is 20.0 Å². The zero-order valence-electron chi connectivity index (χ0n) is 36.2. The van der Waals surface area contributed by atoms with Gasteiger partial charge in [0.15, 0.2) is 0 Å². The minimum atomic E-state index is -0.731. The Morgan fingerprint density at radius 3 is 1.92 bits per heavy atom. The summed E-state index contributed by atoms with van der Waals surface area (Å²) in [5.41, 5.74) is 14.5. The summed E-state index contributed by atoms with van der Waals surface area (Å²) < 4.78 is 0. The molecule has 7 heteroatoms. The highest BCUT2D eigenvalue weighted by Gasteiger charge is 2.38. The van der Waals surface area contributed by atoms with E-state index in [9.17, 15) is 10.8 Å². The van der Waals surface area contributed by atoms with Crippen LogP contribution in [0.25, 0.3) is 39.0 Å². The van der Waals surface area contributed by atoms with Crippen LogP contribution in [-0.2, 0) is 5.41 Å². The van der Waals surface area contributed by atoms with Crippen LogP contribution in [0.1, 0.15) is 72.1 Å². The second-order valence-electron chi connectivity index (χ2n) is 17.7. The van der Waals surface area contributed by atoms with Crippen molar-refractivity contribution >= 4 is 34.1 Å². The van der Waals surface area contributed by atoms with Crippen molar-refractivity contribution in [2.45, 2.75) is 78.6 Å². The first kappa shape index (κ1) is 39.6. The molecule has 302 valence electrons. The maximum Gasteiger partial charge on any atom is 0.146 e. The van der Waals surface area contributed by atoms with Crippen LogP contribution < -0.4 is 15.6 Å². The molecule has 0 unspecified atom stereocenters. The molecule has 0 radical (unpaired) electrons. The Bertz CT molecular complexity index is 2990. The Hall–Kier alpha value is -6.86. The molecule has 0 atom stereocenters. The molecule has 2 N–H and O–H groups in total.